The first-order valence-electron chi connectivity index (χ1n) is 11.3. The molecular formula is C25H27N3O5S2. The molecule has 184 valence electrons. The topological polar surface area (TPSA) is 98.0 Å². The number of rotatable bonds is 6. The van der Waals surface area contributed by atoms with Gasteiger partial charge in [-0.2, -0.15) is 9.30 Å². The predicted octanol–water partition coefficient (Wildman–Crippen LogP) is 3.84. The monoisotopic (exact) mass is 513 g/mol. The van der Waals surface area contributed by atoms with Gasteiger partial charge in [0.1, 0.15) is 0 Å². The van der Waals surface area contributed by atoms with Gasteiger partial charge < -0.3 is 9.30 Å². The number of benzene rings is 2. The number of hydrogen-bond donors (Lipinski definition) is 0. The van der Waals surface area contributed by atoms with Crippen LogP contribution in [0.5, 0.6) is 0 Å². The van der Waals surface area contributed by atoms with E-state index in [0.29, 0.717) is 35.9 Å². The molecule has 1 aliphatic heterocycles. The summed E-state index contributed by atoms with van der Waals surface area (Å²) in [5.74, 6) is -0.412. The number of fused-ring (bicyclic) bond motifs is 1. The highest BCUT2D eigenvalue weighted by molar-refractivity contribution is 7.89. The summed E-state index contributed by atoms with van der Waals surface area (Å²) in [6.07, 6.45) is 3.39. The molecule has 0 radical (unpaired) electrons. The van der Waals surface area contributed by atoms with Gasteiger partial charge in [0.2, 0.25) is 10.0 Å². The molecule has 10 heteroatoms. The average Bonchev–Trinajstić information content (AvgIpc) is 3.20. The van der Waals surface area contributed by atoms with Crippen LogP contribution in [0.4, 0.5) is 0 Å². The van der Waals surface area contributed by atoms with Crippen molar-refractivity contribution in [3.8, 4) is 0 Å². The van der Waals surface area contributed by atoms with E-state index in [2.05, 4.69) is 18.5 Å². The van der Waals surface area contributed by atoms with Crippen molar-refractivity contribution in [2.45, 2.75) is 31.2 Å². The minimum absolute atomic E-state index is 0.169. The Labute approximate surface area is 208 Å². The molecule has 4 rings (SSSR count). The van der Waals surface area contributed by atoms with E-state index in [1.165, 1.54) is 47.0 Å². The Balaban J connectivity index is 1.64. The highest BCUT2D eigenvalue weighted by Crippen LogP contribution is 2.24. The van der Waals surface area contributed by atoms with E-state index in [0.717, 1.165) is 23.1 Å². The smallest absolute Gasteiger partial charge is 0.337 e. The van der Waals surface area contributed by atoms with Gasteiger partial charge in [-0.05, 0) is 61.2 Å². The maximum Gasteiger partial charge on any atom is 0.337 e. The van der Waals surface area contributed by atoms with Crippen LogP contribution in [0.3, 0.4) is 0 Å². The molecular weight excluding hydrogens is 486 g/mol. The number of carbonyl (C=O) groups excluding carboxylic acids is 2. The van der Waals surface area contributed by atoms with Gasteiger partial charge in [0, 0.05) is 25.2 Å². The molecule has 0 atom stereocenters. The molecule has 35 heavy (non-hydrogen) atoms. The molecule has 8 nitrogen and oxygen atoms in total. The predicted molar refractivity (Wildman–Crippen MR) is 135 cm³/mol. The minimum Gasteiger partial charge on any atom is -0.465 e. The fourth-order valence-corrected chi connectivity index (χ4v) is 6.55. The average molecular weight is 514 g/mol. The number of thiazole rings is 1. The number of allylic oxidation sites excluding steroid dienone is 1. The Morgan fingerprint density at radius 1 is 1.14 bits per heavy atom. The van der Waals surface area contributed by atoms with E-state index in [9.17, 15) is 18.0 Å². The van der Waals surface area contributed by atoms with Gasteiger partial charge >= 0.3 is 5.97 Å². The Hall–Kier alpha value is -3.08. The zero-order valence-corrected chi connectivity index (χ0v) is 21.3. The Bertz CT molecular complexity index is 1440. The molecule has 0 unspecified atom stereocenters. The van der Waals surface area contributed by atoms with E-state index < -0.39 is 21.9 Å². The van der Waals surface area contributed by atoms with Crippen LogP contribution >= 0.6 is 11.3 Å². The number of nitrogens with zero attached hydrogens (tertiary/aromatic N) is 3. The molecule has 0 saturated carbocycles. The maximum atomic E-state index is 13.0. The molecule has 1 fully saturated rings. The van der Waals surface area contributed by atoms with Crippen LogP contribution in [0.25, 0.3) is 10.2 Å². The number of methoxy groups -OCH3 is 1. The third kappa shape index (κ3) is 5.14. The molecule has 2 heterocycles. The fraction of sp³-hybridized carbons (Fsp3) is 0.320. The number of esters is 1. The van der Waals surface area contributed by atoms with Crippen molar-refractivity contribution in [1.82, 2.24) is 8.87 Å². The molecule has 0 spiro atoms. The van der Waals surface area contributed by atoms with Gasteiger partial charge in [0.15, 0.2) is 4.80 Å². The van der Waals surface area contributed by atoms with Gasteiger partial charge in [-0.15, -0.1) is 6.58 Å². The van der Waals surface area contributed by atoms with Crippen molar-refractivity contribution in [3.05, 3.63) is 71.0 Å². The Morgan fingerprint density at radius 3 is 2.43 bits per heavy atom. The van der Waals surface area contributed by atoms with Crippen molar-refractivity contribution in [2.24, 2.45) is 10.9 Å². The molecule has 0 bridgehead atoms. The lowest BCUT2D eigenvalue weighted by Crippen LogP contribution is -2.37. The van der Waals surface area contributed by atoms with Crippen LogP contribution in [-0.4, -0.2) is 49.4 Å². The third-order valence-electron chi connectivity index (χ3n) is 6.09. The zero-order valence-electron chi connectivity index (χ0n) is 19.6. The lowest BCUT2D eigenvalue weighted by molar-refractivity contribution is 0.0600. The number of piperidine rings is 1. The highest BCUT2D eigenvalue weighted by Gasteiger charge is 2.28. The summed E-state index contributed by atoms with van der Waals surface area (Å²) >= 11 is 1.27. The van der Waals surface area contributed by atoms with E-state index in [-0.39, 0.29) is 10.5 Å². The van der Waals surface area contributed by atoms with Gasteiger partial charge in [0.25, 0.3) is 5.91 Å². The van der Waals surface area contributed by atoms with Gasteiger partial charge in [-0.1, -0.05) is 24.3 Å². The summed E-state index contributed by atoms with van der Waals surface area (Å²) in [4.78, 5) is 29.7. The highest BCUT2D eigenvalue weighted by atomic mass is 32.2. The van der Waals surface area contributed by atoms with Crippen LogP contribution in [0, 0.1) is 5.92 Å². The first-order chi connectivity index (χ1) is 16.7. The molecule has 1 aromatic heterocycles. The largest absolute Gasteiger partial charge is 0.465 e. The van der Waals surface area contributed by atoms with Crippen LogP contribution < -0.4 is 4.80 Å². The molecule has 3 aromatic rings. The summed E-state index contributed by atoms with van der Waals surface area (Å²) < 4.78 is 34.8. The van der Waals surface area contributed by atoms with Crippen molar-refractivity contribution in [3.63, 3.8) is 0 Å². The first kappa shape index (κ1) is 25.0. The van der Waals surface area contributed by atoms with E-state index in [4.69, 9.17) is 4.74 Å². The minimum atomic E-state index is -3.59. The summed E-state index contributed by atoms with van der Waals surface area (Å²) in [7, 11) is -2.27. The summed E-state index contributed by atoms with van der Waals surface area (Å²) in [5, 5.41) is 0. The van der Waals surface area contributed by atoms with Crippen LogP contribution in [0.15, 0.2) is 65.0 Å². The number of sulfonamides is 1. The number of amides is 1. The molecule has 2 aromatic carbocycles. The SMILES string of the molecule is C=CCn1c(=NC(=O)c2ccc(S(=O)(=O)N3CCC(C)CC3)cc2)sc2cc(C(=O)OC)ccc21. The molecule has 0 N–H and O–H groups in total. The van der Waals surface area contributed by atoms with Crippen LogP contribution in [0.1, 0.15) is 40.5 Å². The third-order valence-corrected chi connectivity index (χ3v) is 9.05. The summed E-state index contributed by atoms with van der Waals surface area (Å²) in [6, 6.07) is 11.1. The number of aromatic nitrogens is 1. The second-order valence-corrected chi connectivity index (χ2v) is 11.4. The lowest BCUT2D eigenvalue weighted by atomic mass is 10.0. The van der Waals surface area contributed by atoms with E-state index in [1.807, 2.05) is 4.57 Å². The quantitative estimate of drug-likeness (QED) is 0.369. The van der Waals surface area contributed by atoms with E-state index >= 15 is 0 Å². The number of hydrogen-bond acceptors (Lipinski definition) is 6. The normalized spacial score (nSPS) is 15.9. The van der Waals surface area contributed by atoms with Gasteiger partial charge in [0.05, 0.1) is 27.8 Å². The molecule has 1 amide bonds. The fourth-order valence-electron chi connectivity index (χ4n) is 4.00. The standard InChI is InChI=1S/C25H27N3O5S2/c1-4-13-28-21-10-7-19(24(30)33-3)16-22(21)34-25(28)26-23(29)18-5-8-20(9-6-18)35(31,32)27-14-11-17(2)12-15-27/h4-10,16-17H,1,11-15H2,2-3H3. The zero-order chi connectivity index (χ0) is 25.2. The maximum absolute atomic E-state index is 13.0. The first-order valence-corrected chi connectivity index (χ1v) is 13.5. The van der Waals surface area contributed by atoms with Crippen molar-refractivity contribution >= 4 is 43.5 Å². The summed E-state index contributed by atoms with van der Waals surface area (Å²) in [6.45, 7) is 7.34. The second-order valence-electron chi connectivity index (χ2n) is 8.49. The van der Waals surface area contributed by atoms with Crippen molar-refractivity contribution < 1.29 is 22.7 Å². The Morgan fingerprint density at radius 2 is 1.80 bits per heavy atom. The van der Waals surface area contributed by atoms with Gasteiger partial charge in [-0.3, -0.25) is 4.79 Å². The summed E-state index contributed by atoms with van der Waals surface area (Å²) in [5.41, 5.74) is 1.50. The lowest BCUT2D eigenvalue weighted by Gasteiger charge is -2.29. The van der Waals surface area contributed by atoms with Crippen LogP contribution in [0.2, 0.25) is 0 Å². The van der Waals surface area contributed by atoms with Gasteiger partial charge in [-0.25, -0.2) is 13.2 Å². The molecule has 0 aliphatic carbocycles. The second kappa shape index (κ2) is 10.3. The Kier molecular flexibility index (Phi) is 7.34. The number of ether oxygens (including phenoxy) is 1. The molecule has 1 aliphatic rings. The van der Waals surface area contributed by atoms with E-state index in [1.54, 1.807) is 24.3 Å². The number of carbonyl (C=O) groups is 2. The molecule has 1 saturated heterocycles. The van der Waals surface area contributed by atoms with Crippen molar-refractivity contribution in [2.75, 3.05) is 20.2 Å². The van der Waals surface area contributed by atoms with Crippen molar-refractivity contribution in [1.29, 1.82) is 0 Å². The van der Waals surface area contributed by atoms with Crippen LogP contribution in [-0.2, 0) is 21.3 Å².